The summed E-state index contributed by atoms with van der Waals surface area (Å²) < 4.78 is 5.11. The van der Waals surface area contributed by atoms with Crippen molar-refractivity contribution in [3.05, 3.63) is 0 Å². The summed E-state index contributed by atoms with van der Waals surface area (Å²) in [6, 6.07) is 0. The van der Waals surface area contributed by atoms with E-state index >= 15 is 0 Å². The second-order valence-corrected chi connectivity index (χ2v) is 2.16. The molecule has 1 saturated heterocycles. The third kappa shape index (κ3) is 1.44. The number of ether oxygens (including phenoxy) is 1. The molecule has 1 fully saturated rings. The van der Waals surface area contributed by atoms with Gasteiger partial charge in [0.15, 0.2) is 0 Å². The van der Waals surface area contributed by atoms with Gasteiger partial charge in [-0.25, -0.2) is 0 Å². The predicted octanol–water partition coefficient (Wildman–Crippen LogP) is 0.159. The lowest BCUT2D eigenvalue weighted by atomic mass is 10.1. The van der Waals surface area contributed by atoms with Crippen LogP contribution in [-0.2, 0) is 4.74 Å². The van der Waals surface area contributed by atoms with Crippen molar-refractivity contribution in [2.45, 2.75) is 25.0 Å². The van der Waals surface area contributed by atoms with Crippen LogP contribution in [0.4, 0.5) is 0 Å². The summed E-state index contributed by atoms with van der Waals surface area (Å²) in [6.07, 6.45) is 6.08. The molecule has 0 radical (unpaired) electrons. The van der Waals surface area contributed by atoms with Crippen molar-refractivity contribution in [3.8, 4) is 12.3 Å². The number of hydrogen-bond acceptors (Lipinski definition) is 2. The third-order valence-electron chi connectivity index (χ3n) is 1.49. The molecule has 0 aromatic rings. The van der Waals surface area contributed by atoms with Crippen LogP contribution in [0.3, 0.4) is 0 Å². The molecular weight excluding hydrogens is 116 g/mol. The average Bonchev–Trinajstić information content (AvgIpc) is 2.37. The van der Waals surface area contributed by atoms with Crippen molar-refractivity contribution in [1.29, 1.82) is 0 Å². The third-order valence-corrected chi connectivity index (χ3v) is 1.49. The van der Waals surface area contributed by atoms with Gasteiger partial charge in [-0.05, 0) is 12.8 Å². The smallest absolute Gasteiger partial charge is 0.140 e. The van der Waals surface area contributed by atoms with Gasteiger partial charge in [0.05, 0.1) is 6.10 Å². The highest BCUT2D eigenvalue weighted by atomic mass is 16.5. The molecule has 1 rings (SSSR count). The van der Waals surface area contributed by atoms with E-state index in [1.165, 1.54) is 0 Å². The minimum atomic E-state index is -0.701. The monoisotopic (exact) mass is 126 g/mol. The molecule has 2 nitrogen and oxygen atoms in total. The first-order chi connectivity index (χ1) is 4.34. The Morgan fingerprint density at radius 2 is 2.56 bits per heavy atom. The molecule has 1 unspecified atom stereocenters. The fourth-order valence-electron chi connectivity index (χ4n) is 0.959. The van der Waals surface area contributed by atoms with Gasteiger partial charge in [0, 0.05) is 6.61 Å². The summed E-state index contributed by atoms with van der Waals surface area (Å²) in [4.78, 5) is 0. The van der Waals surface area contributed by atoms with Crippen LogP contribution in [0.25, 0.3) is 0 Å². The molecular formula is C7H10O2. The molecule has 2 heteroatoms. The number of rotatable bonds is 1. The van der Waals surface area contributed by atoms with Crippen molar-refractivity contribution in [2.24, 2.45) is 0 Å². The van der Waals surface area contributed by atoms with Gasteiger partial charge in [-0.3, -0.25) is 0 Å². The largest absolute Gasteiger partial charge is 0.378 e. The number of terminal acetylenes is 1. The Morgan fingerprint density at radius 1 is 1.78 bits per heavy atom. The lowest BCUT2D eigenvalue weighted by molar-refractivity contribution is 0.0273. The average molecular weight is 126 g/mol. The van der Waals surface area contributed by atoms with E-state index in [-0.39, 0.29) is 6.10 Å². The van der Waals surface area contributed by atoms with Crippen LogP contribution in [0.2, 0.25) is 0 Å². The standard InChI is InChI=1S/C7H10O2/c1-2-6(8)7-4-3-5-9-7/h1,6-8H,3-5H2/t6-,7?/m0/s1. The Hall–Kier alpha value is -0.520. The molecule has 9 heavy (non-hydrogen) atoms. The van der Waals surface area contributed by atoms with E-state index in [9.17, 15) is 0 Å². The summed E-state index contributed by atoms with van der Waals surface area (Å²) in [5, 5.41) is 9.00. The van der Waals surface area contributed by atoms with Gasteiger partial charge in [-0.15, -0.1) is 6.42 Å². The molecule has 1 aliphatic heterocycles. The summed E-state index contributed by atoms with van der Waals surface area (Å²) in [5.74, 6) is 2.24. The number of hydrogen-bond donors (Lipinski definition) is 1. The molecule has 0 amide bonds. The maximum Gasteiger partial charge on any atom is 0.140 e. The highest BCUT2D eigenvalue weighted by Crippen LogP contribution is 2.14. The molecule has 1 heterocycles. The second-order valence-electron chi connectivity index (χ2n) is 2.16. The highest BCUT2D eigenvalue weighted by molar-refractivity contribution is 4.98. The van der Waals surface area contributed by atoms with Gasteiger partial charge in [-0.2, -0.15) is 0 Å². The highest BCUT2D eigenvalue weighted by Gasteiger charge is 2.21. The van der Waals surface area contributed by atoms with Gasteiger partial charge >= 0.3 is 0 Å². The van der Waals surface area contributed by atoms with Gasteiger partial charge < -0.3 is 9.84 Å². The number of aliphatic hydroxyl groups excluding tert-OH is 1. The second kappa shape index (κ2) is 2.86. The molecule has 1 N–H and O–H groups in total. The minimum absolute atomic E-state index is 0.102. The lowest BCUT2D eigenvalue weighted by Gasteiger charge is -2.09. The minimum Gasteiger partial charge on any atom is -0.378 e. The maximum absolute atomic E-state index is 9.00. The van der Waals surface area contributed by atoms with Crippen LogP contribution >= 0.6 is 0 Å². The van der Waals surface area contributed by atoms with Crippen LogP contribution in [0, 0.1) is 12.3 Å². The van der Waals surface area contributed by atoms with Crippen LogP contribution < -0.4 is 0 Å². The van der Waals surface area contributed by atoms with Gasteiger partial charge in [0.2, 0.25) is 0 Å². The Labute approximate surface area is 54.8 Å². The summed E-state index contributed by atoms with van der Waals surface area (Å²) in [5.41, 5.74) is 0. The zero-order valence-electron chi connectivity index (χ0n) is 5.21. The van der Waals surface area contributed by atoms with E-state index in [0.29, 0.717) is 0 Å². The molecule has 0 saturated carbocycles. The van der Waals surface area contributed by atoms with Crippen molar-refractivity contribution in [1.82, 2.24) is 0 Å². The van der Waals surface area contributed by atoms with E-state index in [0.717, 1.165) is 19.4 Å². The first-order valence-corrected chi connectivity index (χ1v) is 3.10. The van der Waals surface area contributed by atoms with Crippen molar-refractivity contribution >= 4 is 0 Å². The Balaban J connectivity index is 2.34. The number of aliphatic hydroxyl groups is 1. The zero-order valence-corrected chi connectivity index (χ0v) is 5.21. The molecule has 0 aromatic carbocycles. The maximum atomic E-state index is 9.00. The predicted molar refractivity (Wildman–Crippen MR) is 33.8 cm³/mol. The van der Waals surface area contributed by atoms with Crippen molar-refractivity contribution in [2.75, 3.05) is 6.61 Å². The first kappa shape index (κ1) is 6.60. The topological polar surface area (TPSA) is 29.5 Å². The van der Waals surface area contributed by atoms with E-state index in [1.54, 1.807) is 0 Å². The molecule has 0 spiro atoms. The van der Waals surface area contributed by atoms with E-state index in [2.05, 4.69) is 5.92 Å². The summed E-state index contributed by atoms with van der Waals surface area (Å²) in [7, 11) is 0. The first-order valence-electron chi connectivity index (χ1n) is 3.10. The Kier molecular flexibility index (Phi) is 2.10. The van der Waals surface area contributed by atoms with Crippen LogP contribution in [0.15, 0.2) is 0 Å². The van der Waals surface area contributed by atoms with E-state index in [4.69, 9.17) is 16.3 Å². The van der Waals surface area contributed by atoms with Gasteiger partial charge in [0.1, 0.15) is 6.10 Å². The van der Waals surface area contributed by atoms with Gasteiger partial charge in [-0.1, -0.05) is 5.92 Å². The Bertz CT molecular complexity index is 119. The lowest BCUT2D eigenvalue weighted by Crippen LogP contribution is -2.22. The summed E-state index contributed by atoms with van der Waals surface area (Å²) >= 11 is 0. The fraction of sp³-hybridized carbons (Fsp3) is 0.714. The zero-order chi connectivity index (χ0) is 6.69. The normalized spacial score (nSPS) is 29.6. The van der Waals surface area contributed by atoms with Gasteiger partial charge in [0.25, 0.3) is 0 Å². The molecule has 0 bridgehead atoms. The SMILES string of the molecule is C#C[C@H](O)C1CCCO1. The molecule has 0 aromatic heterocycles. The summed E-state index contributed by atoms with van der Waals surface area (Å²) in [6.45, 7) is 0.739. The van der Waals surface area contributed by atoms with E-state index in [1.807, 2.05) is 0 Å². The van der Waals surface area contributed by atoms with Crippen molar-refractivity contribution in [3.63, 3.8) is 0 Å². The fourth-order valence-corrected chi connectivity index (χ4v) is 0.959. The quantitative estimate of drug-likeness (QED) is 0.507. The molecule has 0 aliphatic carbocycles. The van der Waals surface area contributed by atoms with Crippen LogP contribution in [-0.4, -0.2) is 23.9 Å². The van der Waals surface area contributed by atoms with Crippen LogP contribution in [0.5, 0.6) is 0 Å². The molecule has 2 atom stereocenters. The van der Waals surface area contributed by atoms with E-state index < -0.39 is 6.10 Å². The van der Waals surface area contributed by atoms with Crippen molar-refractivity contribution < 1.29 is 9.84 Å². The van der Waals surface area contributed by atoms with Crippen LogP contribution in [0.1, 0.15) is 12.8 Å². The Morgan fingerprint density at radius 3 is 3.00 bits per heavy atom. The molecule has 50 valence electrons. The molecule has 1 aliphatic rings.